The molecule has 0 radical (unpaired) electrons. The Labute approximate surface area is 113 Å². The minimum atomic E-state index is -1.28. The first-order valence-electron chi connectivity index (χ1n) is 6.45. The van der Waals surface area contributed by atoms with Crippen LogP contribution in [0.1, 0.15) is 19.8 Å². The van der Waals surface area contributed by atoms with Gasteiger partial charge in [-0.25, -0.2) is 9.59 Å². The molecular formula is C12H23N3O4. The number of amides is 2. The van der Waals surface area contributed by atoms with Crippen molar-refractivity contribution in [1.29, 1.82) is 0 Å². The van der Waals surface area contributed by atoms with E-state index in [1.54, 1.807) is 7.05 Å². The Hall–Kier alpha value is -1.34. The number of aliphatic hydroxyl groups excluding tert-OH is 1. The number of nitrogens with one attached hydrogen (secondary N) is 1. The molecule has 2 amide bonds. The number of hydrogen-bond acceptors (Lipinski definition) is 4. The van der Waals surface area contributed by atoms with Crippen LogP contribution in [0.15, 0.2) is 0 Å². The van der Waals surface area contributed by atoms with Crippen LogP contribution in [0.5, 0.6) is 0 Å². The summed E-state index contributed by atoms with van der Waals surface area (Å²) in [5.41, 5.74) is 0. The van der Waals surface area contributed by atoms with E-state index in [2.05, 4.69) is 10.2 Å². The van der Waals surface area contributed by atoms with Gasteiger partial charge in [0.1, 0.15) is 0 Å². The van der Waals surface area contributed by atoms with E-state index in [1.165, 1.54) is 11.8 Å². The lowest BCUT2D eigenvalue weighted by Gasteiger charge is -2.27. The molecule has 0 saturated carbocycles. The van der Waals surface area contributed by atoms with E-state index in [4.69, 9.17) is 5.11 Å². The summed E-state index contributed by atoms with van der Waals surface area (Å²) in [6.45, 7) is 2.91. The highest BCUT2D eigenvalue weighted by Gasteiger charge is 2.28. The Morgan fingerprint density at radius 2 is 2.16 bits per heavy atom. The molecule has 0 spiro atoms. The van der Waals surface area contributed by atoms with E-state index in [-0.39, 0.29) is 0 Å². The van der Waals surface area contributed by atoms with Crippen molar-refractivity contribution in [3.8, 4) is 0 Å². The number of carbonyl (C=O) groups excluding carboxylic acids is 1. The minimum absolute atomic E-state index is 0.311. The maximum atomic E-state index is 11.9. The number of carboxylic acids is 1. The zero-order chi connectivity index (χ0) is 14.6. The van der Waals surface area contributed by atoms with Crippen molar-refractivity contribution in [3.63, 3.8) is 0 Å². The summed E-state index contributed by atoms with van der Waals surface area (Å²) in [7, 11) is 3.64. The molecule has 3 unspecified atom stereocenters. The maximum absolute atomic E-state index is 11.9. The molecule has 1 rings (SSSR count). The zero-order valence-corrected chi connectivity index (χ0v) is 11.7. The molecule has 110 valence electrons. The Bertz CT molecular complexity index is 335. The fourth-order valence-electron chi connectivity index (χ4n) is 2.24. The number of likely N-dealkylation sites (N-methyl/N-ethyl adjacent to an activating group) is 2. The van der Waals surface area contributed by atoms with Crippen LogP contribution in [0.25, 0.3) is 0 Å². The molecule has 19 heavy (non-hydrogen) atoms. The average molecular weight is 273 g/mol. The number of carboxylic acid groups (broad SMARTS) is 1. The number of hydrogen-bond donors (Lipinski definition) is 3. The van der Waals surface area contributed by atoms with Crippen molar-refractivity contribution in [1.82, 2.24) is 15.1 Å². The molecule has 0 aromatic rings. The van der Waals surface area contributed by atoms with Gasteiger partial charge in [-0.05, 0) is 33.4 Å². The van der Waals surface area contributed by atoms with Gasteiger partial charge in [0.2, 0.25) is 0 Å². The second-order valence-electron chi connectivity index (χ2n) is 5.16. The molecule has 1 fully saturated rings. The summed E-state index contributed by atoms with van der Waals surface area (Å²) in [6.07, 6.45) is 1.01. The van der Waals surface area contributed by atoms with Crippen molar-refractivity contribution in [2.75, 3.05) is 27.2 Å². The number of nitrogens with zero attached hydrogens (tertiary/aromatic N) is 2. The van der Waals surface area contributed by atoms with Gasteiger partial charge in [-0.15, -0.1) is 0 Å². The van der Waals surface area contributed by atoms with Crippen molar-refractivity contribution >= 4 is 12.0 Å². The molecular weight excluding hydrogens is 250 g/mol. The number of rotatable bonds is 5. The Balaban J connectivity index is 2.49. The van der Waals surface area contributed by atoms with Crippen LogP contribution >= 0.6 is 0 Å². The van der Waals surface area contributed by atoms with Gasteiger partial charge in [0.05, 0.1) is 6.10 Å². The highest BCUT2D eigenvalue weighted by atomic mass is 16.4. The first-order valence-corrected chi connectivity index (χ1v) is 6.45. The second-order valence-corrected chi connectivity index (χ2v) is 5.16. The SMILES string of the molecule is CC(O)C(NC(=O)N(C)CC1CCCN1C)C(=O)O. The Kier molecular flexibility index (Phi) is 5.56. The lowest BCUT2D eigenvalue weighted by Crippen LogP contribution is -2.53. The molecule has 1 aliphatic rings. The first-order chi connectivity index (χ1) is 8.82. The molecule has 1 aliphatic heterocycles. The van der Waals surface area contributed by atoms with Crippen molar-refractivity contribution < 1.29 is 19.8 Å². The molecule has 7 heteroatoms. The molecule has 1 heterocycles. The van der Waals surface area contributed by atoms with E-state index in [9.17, 15) is 14.7 Å². The predicted molar refractivity (Wildman–Crippen MR) is 69.9 cm³/mol. The quantitative estimate of drug-likeness (QED) is 0.631. The third-order valence-electron chi connectivity index (χ3n) is 3.53. The minimum Gasteiger partial charge on any atom is -0.480 e. The van der Waals surface area contributed by atoms with Gasteiger partial charge in [0, 0.05) is 19.6 Å². The van der Waals surface area contributed by atoms with Crippen molar-refractivity contribution in [3.05, 3.63) is 0 Å². The van der Waals surface area contributed by atoms with Gasteiger partial charge < -0.3 is 25.3 Å². The summed E-state index contributed by atoms with van der Waals surface area (Å²) in [5.74, 6) is -1.24. The fourth-order valence-corrected chi connectivity index (χ4v) is 2.24. The van der Waals surface area contributed by atoms with E-state index in [0.29, 0.717) is 12.6 Å². The average Bonchev–Trinajstić information content (AvgIpc) is 2.70. The number of likely N-dealkylation sites (tertiary alicyclic amines) is 1. The Morgan fingerprint density at radius 3 is 2.58 bits per heavy atom. The van der Waals surface area contributed by atoms with Crippen LogP contribution in [0.3, 0.4) is 0 Å². The summed E-state index contributed by atoms with van der Waals surface area (Å²) in [5, 5.41) is 20.5. The maximum Gasteiger partial charge on any atom is 0.328 e. The van der Waals surface area contributed by atoms with Gasteiger partial charge in [-0.2, -0.15) is 0 Å². The molecule has 3 N–H and O–H groups in total. The number of aliphatic hydroxyl groups is 1. The summed E-state index contributed by atoms with van der Waals surface area (Å²) >= 11 is 0. The van der Waals surface area contributed by atoms with Crippen LogP contribution in [0.2, 0.25) is 0 Å². The molecule has 0 aliphatic carbocycles. The van der Waals surface area contributed by atoms with Gasteiger partial charge in [0.15, 0.2) is 6.04 Å². The predicted octanol–water partition coefficient (Wildman–Crippen LogP) is -0.444. The highest BCUT2D eigenvalue weighted by molar-refractivity contribution is 5.82. The van der Waals surface area contributed by atoms with Gasteiger partial charge >= 0.3 is 12.0 Å². The Morgan fingerprint density at radius 1 is 1.53 bits per heavy atom. The van der Waals surface area contributed by atoms with Crippen molar-refractivity contribution in [2.45, 2.75) is 38.0 Å². The second kappa shape index (κ2) is 6.72. The lowest BCUT2D eigenvalue weighted by molar-refractivity contribution is -0.141. The topological polar surface area (TPSA) is 93.1 Å². The zero-order valence-electron chi connectivity index (χ0n) is 11.7. The molecule has 0 aromatic carbocycles. The number of urea groups is 1. The van der Waals surface area contributed by atoms with Gasteiger partial charge in [0.25, 0.3) is 0 Å². The van der Waals surface area contributed by atoms with Crippen LogP contribution < -0.4 is 5.32 Å². The van der Waals surface area contributed by atoms with Crippen LogP contribution in [0, 0.1) is 0 Å². The van der Waals surface area contributed by atoms with E-state index in [0.717, 1.165) is 19.4 Å². The van der Waals surface area contributed by atoms with E-state index >= 15 is 0 Å². The molecule has 0 aromatic heterocycles. The normalized spacial score (nSPS) is 22.8. The van der Waals surface area contributed by atoms with E-state index < -0.39 is 24.1 Å². The van der Waals surface area contributed by atoms with Crippen LogP contribution in [-0.4, -0.2) is 77.4 Å². The first kappa shape index (κ1) is 15.7. The smallest absolute Gasteiger partial charge is 0.328 e. The highest BCUT2D eigenvalue weighted by Crippen LogP contribution is 2.15. The number of carbonyl (C=O) groups is 2. The standard InChI is InChI=1S/C12H23N3O4/c1-8(16)10(11(17)18)13-12(19)15(3)7-9-5-4-6-14(9)2/h8-10,16H,4-7H2,1-3H3,(H,13,19)(H,17,18). The third kappa shape index (κ3) is 4.36. The molecule has 7 nitrogen and oxygen atoms in total. The van der Waals surface area contributed by atoms with E-state index in [1.807, 2.05) is 7.05 Å². The largest absolute Gasteiger partial charge is 0.480 e. The molecule has 0 bridgehead atoms. The monoisotopic (exact) mass is 273 g/mol. The fraction of sp³-hybridized carbons (Fsp3) is 0.833. The summed E-state index contributed by atoms with van der Waals surface area (Å²) < 4.78 is 0. The van der Waals surface area contributed by atoms with Crippen molar-refractivity contribution in [2.24, 2.45) is 0 Å². The van der Waals surface area contributed by atoms with Crippen LogP contribution in [0.4, 0.5) is 4.79 Å². The summed E-state index contributed by atoms with van der Waals surface area (Å²) in [4.78, 5) is 26.4. The van der Waals surface area contributed by atoms with Gasteiger partial charge in [-0.3, -0.25) is 0 Å². The van der Waals surface area contributed by atoms with Gasteiger partial charge in [-0.1, -0.05) is 0 Å². The third-order valence-corrected chi connectivity index (χ3v) is 3.53. The molecule has 3 atom stereocenters. The number of aliphatic carboxylic acids is 1. The molecule has 1 saturated heterocycles. The summed E-state index contributed by atoms with van der Waals surface area (Å²) in [6, 6.07) is -1.45. The lowest BCUT2D eigenvalue weighted by atomic mass is 10.2. The van der Waals surface area contributed by atoms with Crippen LogP contribution in [-0.2, 0) is 4.79 Å².